The summed E-state index contributed by atoms with van der Waals surface area (Å²) in [4.78, 5) is 41.4. The van der Waals surface area contributed by atoms with Gasteiger partial charge in [-0.3, -0.25) is 14.4 Å². The van der Waals surface area contributed by atoms with E-state index in [4.69, 9.17) is 0 Å². The maximum atomic E-state index is 13.0. The first-order valence-electron chi connectivity index (χ1n) is 10.1. The summed E-state index contributed by atoms with van der Waals surface area (Å²) in [5.74, 6) is -0.309. The highest BCUT2D eigenvalue weighted by molar-refractivity contribution is 5.99. The highest BCUT2D eigenvalue weighted by Crippen LogP contribution is 2.22. The molecular weight excluding hydrogens is 366 g/mol. The lowest BCUT2D eigenvalue weighted by Gasteiger charge is -2.45. The van der Waals surface area contributed by atoms with Gasteiger partial charge in [0.2, 0.25) is 11.8 Å². The van der Waals surface area contributed by atoms with Crippen LogP contribution in [0.15, 0.2) is 54.6 Å². The van der Waals surface area contributed by atoms with Gasteiger partial charge in [-0.2, -0.15) is 0 Å². The number of nitrogens with zero attached hydrogens (tertiary/aromatic N) is 2. The number of hydrogen-bond donors (Lipinski definition) is 1. The van der Waals surface area contributed by atoms with Crippen LogP contribution in [0.25, 0.3) is 11.1 Å². The molecule has 0 bridgehead atoms. The molecule has 2 aliphatic rings. The summed E-state index contributed by atoms with van der Waals surface area (Å²) in [7, 11) is 0. The molecule has 0 spiro atoms. The summed E-state index contributed by atoms with van der Waals surface area (Å²) < 4.78 is 0. The number of rotatable bonds is 4. The second-order valence-electron chi connectivity index (χ2n) is 7.59. The number of nitrogens with one attached hydrogen (secondary N) is 1. The summed E-state index contributed by atoms with van der Waals surface area (Å²) in [6.07, 6.45) is 1.48. The van der Waals surface area contributed by atoms with Crippen LogP contribution < -0.4 is 5.32 Å². The van der Waals surface area contributed by atoms with Crippen LogP contribution in [0, 0.1) is 0 Å². The van der Waals surface area contributed by atoms with Gasteiger partial charge in [-0.05, 0) is 29.7 Å². The van der Waals surface area contributed by atoms with E-state index in [-0.39, 0.29) is 24.3 Å². The van der Waals surface area contributed by atoms with Gasteiger partial charge in [-0.15, -0.1) is 0 Å². The van der Waals surface area contributed by atoms with Gasteiger partial charge in [-0.1, -0.05) is 55.8 Å². The van der Waals surface area contributed by atoms with Crippen molar-refractivity contribution in [2.24, 2.45) is 0 Å². The largest absolute Gasteiger partial charge is 0.342 e. The Kier molecular flexibility index (Phi) is 5.34. The molecule has 2 aliphatic heterocycles. The van der Waals surface area contributed by atoms with Gasteiger partial charge in [0, 0.05) is 18.7 Å². The average molecular weight is 391 g/mol. The van der Waals surface area contributed by atoms with Gasteiger partial charge in [0.15, 0.2) is 0 Å². The van der Waals surface area contributed by atoms with Gasteiger partial charge in [0.05, 0.1) is 6.54 Å². The maximum Gasteiger partial charge on any atom is 0.253 e. The highest BCUT2D eigenvalue weighted by Gasteiger charge is 2.43. The fourth-order valence-corrected chi connectivity index (χ4v) is 4.09. The van der Waals surface area contributed by atoms with E-state index in [0.717, 1.165) is 17.5 Å². The summed E-state index contributed by atoms with van der Waals surface area (Å²) >= 11 is 0. The molecule has 0 radical (unpaired) electrons. The van der Waals surface area contributed by atoms with Crippen LogP contribution in [0.3, 0.4) is 0 Å². The van der Waals surface area contributed by atoms with E-state index in [9.17, 15) is 14.4 Å². The van der Waals surface area contributed by atoms with E-state index >= 15 is 0 Å². The van der Waals surface area contributed by atoms with Crippen LogP contribution >= 0.6 is 0 Å². The third-order valence-electron chi connectivity index (χ3n) is 5.68. The summed E-state index contributed by atoms with van der Waals surface area (Å²) in [6.45, 7) is 3.06. The van der Waals surface area contributed by atoms with Gasteiger partial charge in [0.25, 0.3) is 5.91 Å². The van der Waals surface area contributed by atoms with Crippen molar-refractivity contribution in [3.8, 4) is 11.1 Å². The molecule has 150 valence electrons. The first-order chi connectivity index (χ1) is 14.1. The first kappa shape index (κ1) is 19.2. The first-order valence-corrected chi connectivity index (χ1v) is 10.1. The van der Waals surface area contributed by atoms with Crippen molar-refractivity contribution in [2.75, 3.05) is 19.6 Å². The molecule has 0 aliphatic carbocycles. The smallest absolute Gasteiger partial charge is 0.253 e. The van der Waals surface area contributed by atoms with Crippen molar-refractivity contribution >= 4 is 17.7 Å². The van der Waals surface area contributed by atoms with E-state index in [1.165, 1.54) is 0 Å². The van der Waals surface area contributed by atoms with Gasteiger partial charge >= 0.3 is 0 Å². The van der Waals surface area contributed by atoms with Crippen molar-refractivity contribution in [3.63, 3.8) is 0 Å². The van der Waals surface area contributed by atoms with Crippen LogP contribution in [0.2, 0.25) is 0 Å². The standard InChI is InChI=1S/C23H25N3O3/c1-2-6-19-23(29)26-14-13-25(15-20(26)21(27)24-19)22(28)18-11-9-17(10-12-18)16-7-4-3-5-8-16/h3-5,7-12,19-20H,2,6,13-15H2,1H3,(H,24,27)/t19-,20+/m0/s1. The number of piperazine rings is 2. The van der Waals surface area contributed by atoms with E-state index in [2.05, 4.69) is 5.32 Å². The van der Waals surface area contributed by atoms with E-state index in [1.54, 1.807) is 9.80 Å². The Labute approximate surface area is 170 Å². The molecule has 2 heterocycles. The zero-order chi connectivity index (χ0) is 20.4. The summed E-state index contributed by atoms with van der Waals surface area (Å²) in [6, 6.07) is 16.5. The monoisotopic (exact) mass is 391 g/mol. The molecule has 1 N–H and O–H groups in total. The quantitative estimate of drug-likeness (QED) is 0.870. The predicted octanol–water partition coefficient (Wildman–Crippen LogP) is 2.31. The van der Waals surface area contributed by atoms with Crippen molar-refractivity contribution in [1.29, 1.82) is 0 Å². The topological polar surface area (TPSA) is 69.7 Å². The molecule has 4 rings (SSSR count). The molecule has 2 saturated heterocycles. The van der Waals surface area contributed by atoms with Crippen LogP contribution in [0.5, 0.6) is 0 Å². The number of benzene rings is 2. The number of fused-ring (bicyclic) bond motifs is 1. The minimum Gasteiger partial charge on any atom is -0.342 e. The minimum atomic E-state index is -0.600. The second-order valence-corrected chi connectivity index (χ2v) is 7.59. The van der Waals surface area contributed by atoms with Crippen LogP contribution in [0.1, 0.15) is 30.1 Å². The third kappa shape index (κ3) is 3.75. The fourth-order valence-electron chi connectivity index (χ4n) is 4.09. The van der Waals surface area contributed by atoms with Crippen molar-refractivity contribution < 1.29 is 14.4 Å². The van der Waals surface area contributed by atoms with E-state index < -0.39 is 12.1 Å². The number of amides is 3. The third-order valence-corrected chi connectivity index (χ3v) is 5.68. The number of carbonyl (C=O) groups is 3. The maximum absolute atomic E-state index is 13.0. The average Bonchev–Trinajstić information content (AvgIpc) is 2.77. The van der Waals surface area contributed by atoms with Gasteiger partial charge < -0.3 is 15.1 Å². The fraction of sp³-hybridized carbons (Fsp3) is 0.348. The lowest BCUT2D eigenvalue weighted by atomic mass is 10.00. The Hall–Kier alpha value is -3.15. The SMILES string of the molecule is CCC[C@@H]1NC(=O)[C@H]2CN(C(=O)c3ccc(-c4ccccc4)cc3)CCN2C1=O. The number of carbonyl (C=O) groups excluding carboxylic acids is 3. The lowest BCUT2D eigenvalue weighted by Crippen LogP contribution is -2.69. The Morgan fingerprint density at radius 3 is 2.38 bits per heavy atom. The molecule has 3 amide bonds. The molecule has 0 aromatic heterocycles. The normalized spacial score (nSPS) is 21.6. The molecule has 6 heteroatoms. The Morgan fingerprint density at radius 2 is 1.69 bits per heavy atom. The number of hydrogen-bond acceptors (Lipinski definition) is 3. The lowest BCUT2D eigenvalue weighted by molar-refractivity contribution is -0.152. The molecule has 29 heavy (non-hydrogen) atoms. The molecule has 2 aromatic carbocycles. The zero-order valence-electron chi connectivity index (χ0n) is 16.5. The summed E-state index contributed by atoms with van der Waals surface area (Å²) in [5, 5.41) is 2.82. The molecule has 2 fully saturated rings. The van der Waals surface area contributed by atoms with Crippen LogP contribution in [0.4, 0.5) is 0 Å². The molecule has 2 atom stereocenters. The zero-order valence-corrected chi connectivity index (χ0v) is 16.5. The Balaban J connectivity index is 1.46. The van der Waals surface area contributed by atoms with Crippen LogP contribution in [-0.2, 0) is 9.59 Å². The highest BCUT2D eigenvalue weighted by atomic mass is 16.2. The Morgan fingerprint density at radius 1 is 1.00 bits per heavy atom. The Bertz CT molecular complexity index is 911. The van der Waals surface area contributed by atoms with Crippen LogP contribution in [-0.4, -0.2) is 59.2 Å². The minimum absolute atomic E-state index is 0.0317. The molecule has 2 aromatic rings. The van der Waals surface area contributed by atoms with E-state index in [1.807, 2.05) is 61.5 Å². The molecule has 0 unspecified atom stereocenters. The van der Waals surface area contributed by atoms with Gasteiger partial charge in [-0.25, -0.2) is 0 Å². The van der Waals surface area contributed by atoms with Crippen molar-refractivity contribution in [3.05, 3.63) is 60.2 Å². The van der Waals surface area contributed by atoms with Crippen molar-refractivity contribution in [1.82, 2.24) is 15.1 Å². The van der Waals surface area contributed by atoms with E-state index in [0.29, 0.717) is 25.1 Å². The molecular formula is C23H25N3O3. The second kappa shape index (κ2) is 8.07. The molecule has 6 nitrogen and oxygen atoms in total. The van der Waals surface area contributed by atoms with Crippen molar-refractivity contribution in [2.45, 2.75) is 31.8 Å². The summed E-state index contributed by atoms with van der Waals surface area (Å²) in [5.41, 5.74) is 2.73. The molecule has 0 saturated carbocycles. The predicted molar refractivity (Wildman–Crippen MR) is 110 cm³/mol. The van der Waals surface area contributed by atoms with Gasteiger partial charge in [0.1, 0.15) is 12.1 Å².